The van der Waals surface area contributed by atoms with E-state index in [1.165, 1.54) is 12.3 Å². The Balaban J connectivity index is 2.12. The quantitative estimate of drug-likeness (QED) is 0.618. The number of aliphatic hydroxyl groups excluding tert-OH is 2. The highest BCUT2D eigenvalue weighted by Gasteiger charge is 2.44. The first-order chi connectivity index (χ1) is 9.93. The summed E-state index contributed by atoms with van der Waals surface area (Å²) in [7, 11) is 0. The Kier molecular flexibility index (Phi) is 4.61. The molecule has 0 spiro atoms. The smallest absolute Gasteiger partial charge is 0.305 e. The van der Waals surface area contributed by atoms with Crippen LogP contribution in [0.25, 0.3) is 0 Å². The van der Waals surface area contributed by atoms with Crippen LogP contribution in [0.5, 0.6) is 5.75 Å². The van der Waals surface area contributed by atoms with Gasteiger partial charge in [0.25, 0.3) is 5.56 Å². The van der Waals surface area contributed by atoms with Gasteiger partial charge in [-0.1, -0.05) is 6.92 Å². The molecule has 21 heavy (non-hydrogen) atoms. The molecule has 0 radical (unpaired) electrons. The lowest BCUT2D eigenvalue weighted by Crippen LogP contribution is -2.35. The van der Waals surface area contributed by atoms with Crippen LogP contribution in [-0.4, -0.2) is 50.8 Å². The molecular weight excluding hydrogens is 282 g/mol. The van der Waals surface area contributed by atoms with Crippen LogP contribution in [0.4, 0.5) is 0 Å². The number of aromatic nitrogens is 1. The lowest BCUT2D eigenvalue weighted by Gasteiger charge is -2.17. The zero-order chi connectivity index (χ0) is 15.6. The Hall–Kier alpha value is -1.90. The highest BCUT2D eigenvalue weighted by atomic mass is 16.6. The van der Waals surface area contributed by atoms with E-state index in [1.807, 2.05) is 0 Å². The normalized spacial score (nSPS) is 28.5. The van der Waals surface area contributed by atoms with Gasteiger partial charge in [0.05, 0.1) is 0 Å². The van der Waals surface area contributed by atoms with Gasteiger partial charge in [0.1, 0.15) is 30.7 Å². The molecule has 1 aliphatic heterocycles. The average molecular weight is 299 g/mol. The predicted octanol–water partition coefficient (Wildman–Crippen LogP) is -0.874. The van der Waals surface area contributed by atoms with Gasteiger partial charge in [0.2, 0.25) is 0 Å². The average Bonchev–Trinajstić information content (AvgIpc) is 2.73. The summed E-state index contributed by atoms with van der Waals surface area (Å²) in [6.07, 6.45) is -3.25. The topological polar surface area (TPSA) is 118 Å². The summed E-state index contributed by atoms with van der Waals surface area (Å²) in [5.41, 5.74) is -0.586. The number of aliphatic hydroxyl groups is 2. The first-order valence-electron chi connectivity index (χ1n) is 6.52. The van der Waals surface area contributed by atoms with Gasteiger partial charge in [-0.25, -0.2) is 0 Å². The molecule has 0 bridgehead atoms. The van der Waals surface area contributed by atoms with Crippen LogP contribution in [0.3, 0.4) is 0 Å². The van der Waals surface area contributed by atoms with Crippen LogP contribution in [-0.2, 0) is 14.3 Å². The van der Waals surface area contributed by atoms with E-state index in [0.717, 1.165) is 10.6 Å². The van der Waals surface area contributed by atoms with Crippen molar-refractivity contribution in [2.45, 2.75) is 37.9 Å². The molecule has 1 aliphatic rings. The van der Waals surface area contributed by atoms with Gasteiger partial charge in [-0.2, -0.15) is 0 Å². The lowest BCUT2D eigenvalue weighted by atomic mass is 10.1. The molecule has 2 rings (SSSR count). The van der Waals surface area contributed by atoms with E-state index in [1.54, 1.807) is 6.92 Å². The molecule has 116 valence electrons. The van der Waals surface area contributed by atoms with E-state index in [2.05, 4.69) is 0 Å². The lowest BCUT2D eigenvalue weighted by molar-refractivity contribution is -0.149. The number of nitrogens with zero attached hydrogens (tertiary/aromatic N) is 1. The first-order valence-corrected chi connectivity index (χ1v) is 6.52. The second-order valence-electron chi connectivity index (χ2n) is 4.71. The second-order valence-corrected chi connectivity index (χ2v) is 4.71. The largest absolute Gasteiger partial charge is 0.508 e. The number of aromatic hydroxyl groups is 1. The Morgan fingerprint density at radius 2 is 2.14 bits per heavy atom. The maximum Gasteiger partial charge on any atom is 0.305 e. The highest BCUT2D eigenvalue weighted by molar-refractivity contribution is 5.68. The van der Waals surface area contributed by atoms with E-state index in [4.69, 9.17) is 9.47 Å². The molecule has 0 aromatic carbocycles. The number of carbonyl (C=O) groups excluding carboxylic acids is 1. The molecular formula is C13H17NO7. The Morgan fingerprint density at radius 3 is 2.76 bits per heavy atom. The molecule has 1 aromatic rings. The molecule has 1 aromatic heterocycles. The Morgan fingerprint density at radius 1 is 1.43 bits per heavy atom. The third kappa shape index (κ3) is 3.23. The van der Waals surface area contributed by atoms with E-state index >= 15 is 0 Å². The molecule has 8 nitrogen and oxygen atoms in total. The van der Waals surface area contributed by atoms with Crippen LogP contribution < -0.4 is 5.56 Å². The number of hydrogen-bond acceptors (Lipinski definition) is 7. The number of carbonyl (C=O) groups is 1. The van der Waals surface area contributed by atoms with Crippen LogP contribution in [0.1, 0.15) is 19.6 Å². The summed E-state index contributed by atoms with van der Waals surface area (Å²) in [5.74, 6) is -0.664. The zero-order valence-electron chi connectivity index (χ0n) is 11.4. The second kappa shape index (κ2) is 6.25. The molecule has 1 saturated heterocycles. The molecule has 8 heteroatoms. The highest BCUT2D eigenvalue weighted by Crippen LogP contribution is 2.28. The van der Waals surface area contributed by atoms with Crippen LogP contribution >= 0.6 is 0 Å². The van der Waals surface area contributed by atoms with Crippen molar-refractivity contribution in [2.75, 3.05) is 6.61 Å². The zero-order valence-corrected chi connectivity index (χ0v) is 11.4. The summed E-state index contributed by atoms with van der Waals surface area (Å²) in [4.78, 5) is 22.8. The van der Waals surface area contributed by atoms with Crippen molar-refractivity contribution in [1.29, 1.82) is 0 Å². The van der Waals surface area contributed by atoms with E-state index < -0.39 is 36.1 Å². The molecule has 0 unspecified atom stereocenters. The van der Waals surface area contributed by atoms with E-state index in [-0.39, 0.29) is 18.8 Å². The van der Waals surface area contributed by atoms with Crippen molar-refractivity contribution >= 4 is 5.97 Å². The third-order valence-electron chi connectivity index (χ3n) is 3.24. The van der Waals surface area contributed by atoms with Gasteiger partial charge in [-0.15, -0.1) is 0 Å². The number of hydrogen-bond donors (Lipinski definition) is 3. The fourth-order valence-electron chi connectivity index (χ4n) is 2.06. The molecule has 4 atom stereocenters. The summed E-state index contributed by atoms with van der Waals surface area (Å²) in [6, 6.07) is 2.22. The monoisotopic (exact) mass is 299 g/mol. The number of rotatable bonds is 4. The Labute approximate surface area is 120 Å². The standard InChI is InChI=1S/C13H17NO7/c1-2-10(17)20-6-8-11(18)12(19)13(21-8)14-4-3-7(15)5-9(14)16/h3-5,8,11-13,15,18-19H,2,6H2,1H3/t8-,11+,12+,13-/m1/s1. The number of pyridine rings is 1. The van der Waals surface area contributed by atoms with Crippen LogP contribution in [0.15, 0.2) is 23.1 Å². The van der Waals surface area contributed by atoms with Gasteiger partial charge in [-0.3, -0.25) is 14.2 Å². The minimum Gasteiger partial charge on any atom is -0.508 e. The van der Waals surface area contributed by atoms with Gasteiger partial charge < -0.3 is 24.8 Å². The van der Waals surface area contributed by atoms with E-state index in [0.29, 0.717) is 0 Å². The van der Waals surface area contributed by atoms with Crippen molar-refractivity contribution in [1.82, 2.24) is 4.57 Å². The Bertz CT molecular complexity index is 570. The van der Waals surface area contributed by atoms with Gasteiger partial charge >= 0.3 is 5.97 Å². The maximum absolute atomic E-state index is 11.7. The van der Waals surface area contributed by atoms with Gasteiger partial charge in [0.15, 0.2) is 6.23 Å². The van der Waals surface area contributed by atoms with Crippen molar-refractivity contribution in [3.8, 4) is 5.75 Å². The molecule has 0 aliphatic carbocycles. The van der Waals surface area contributed by atoms with Crippen molar-refractivity contribution < 1.29 is 29.6 Å². The summed E-state index contributed by atoms with van der Waals surface area (Å²) >= 11 is 0. The molecule has 3 N–H and O–H groups in total. The molecule has 0 amide bonds. The third-order valence-corrected chi connectivity index (χ3v) is 3.24. The van der Waals surface area contributed by atoms with Gasteiger partial charge in [-0.05, 0) is 6.07 Å². The summed E-state index contributed by atoms with van der Waals surface area (Å²) in [6.45, 7) is 1.41. The number of ether oxygens (including phenoxy) is 2. The minimum absolute atomic E-state index is 0.187. The van der Waals surface area contributed by atoms with Crippen molar-refractivity contribution in [3.05, 3.63) is 28.7 Å². The predicted molar refractivity (Wildman–Crippen MR) is 69.5 cm³/mol. The van der Waals surface area contributed by atoms with Crippen LogP contribution in [0, 0.1) is 0 Å². The van der Waals surface area contributed by atoms with Crippen molar-refractivity contribution in [3.63, 3.8) is 0 Å². The van der Waals surface area contributed by atoms with E-state index in [9.17, 15) is 24.9 Å². The number of esters is 1. The van der Waals surface area contributed by atoms with Crippen molar-refractivity contribution in [2.24, 2.45) is 0 Å². The molecule has 1 fully saturated rings. The summed E-state index contributed by atoms with van der Waals surface area (Å²) in [5, 5.41) is 29.0. The van der Waals surface area contributed by atoms with Crippen LogP contribution in [0.2, 0.25) is 0 Å². The summed E-state index contributed by atoms with van der Waals surface area (Å²) < 4.78 is 11.3. The van der Waals surface area contributed by atoms with Gasteiger partial charge in [0, 0.05) is 18.7 Å². The molecule has 2 heterocycles. The SMILES string of the molecule is CCC(=O)OC[C@H]1O[C@@H](n2ccc(O)cc2=O)[C@@H](O)[C@H]1O. The fourth-order valence-corrected chi connectivity index (χ4v) is 2.06. The first kappa shape index (κ1) is 15.5. The minimum atomic E-state index is -1.35. The maximum atomic E-state index is 11.7. The molecule has 0 saturated carbocycles. The fraction of sp³-hybridized carbons (Fsp3) is 0.538.